The number of aromatic nitrogens is 1. The highest BCUT2D eigenvalue weighted by Crippen LogP contribution is 2.09. The van der Waals surface area contributed by atoms with Crippen molar-refractivity contribution in [3.05, 3.63) is 66.0 Å². The molecule has 0 spiro atoms. The molecule has 0 aliphatic carbocycles. The molecule has 0 radical (unpaired) electrons. The van der Waals surface area contributed by atoms with E-state index >= 15 is 0 Å². The molecule has 2 atom stereocenters. The van der Waals surface area contributed by atoms with Gasteiger partial charge in [0.15, 0.2) is 0 Å². The van der Waals surface area contributed by atoms with Crippen molar-refractivity contribution in [2.45, 2.75) is 32.5 Å². The molecule has 1 aromatic heterocycles. The van der Waals surface area contributed by atoms with Gasteiger partial charge in [0.05, 0.1) is 11.7 Å². The second-order valence-corrected chi connectivity index (χ2v) is 5.07. The van der Waals surface area contributed by atoms with Crippen LogP contribution in [0.25, 0.3) is 0 Å². The molecule has 4 heteroatoms. The number of hydrogen-bond donors (Lipinski definition) is 2. The highest BCUT2D eigenvalue weighted by molar-refractivity contribution is 5.81. The van der Waals surface area contributed by atoms with Gasteiger partial charge in [-0.1, -0.05) is 36.4 Å². The molecule has 0 saturated carbocycles. The molecule has 0 bridgehead atoms. The summed E-state index contributed by atoms with van der Waals surface area (Å²) in [6, 6.07) is 15.4. The molecule has 0 fully saturated rings. The lowest BCUT2D eigenvalue weighted by atomic mass is 10.1. The number of carbonyl (C=O) groups excluding carboxylic acids is 1. The second-order valence-electron chi connectivity index (χ2n) is 5.07. The first-order valence-electron chi connectivity index (χ1n) is 7.15. The largest absolute Gasteiger partial charge is 0.351 e. The zero-order valence-electron chi connectivity index (χ0n) is 12.4. The fraction of sp³-hybridized carbons (Fsp3) is 0.294. The minimum Gasteiger partial charge on any atom is -0.351 e. The zero-order valence-corrected chi connectivity index (χ0v) is 12.4. The van der Waals surface area contributed by atoms with Gasteiger partial charge in [0.2, 0.25) is 5.91 Å². The summed E-state index contributed by atoms with van der Waals surface area (Å²) in [6.45, 7) is 4.41. The van der Waals surface area contributed by atoms with Crippen molar-refractivity contribution in [3.63, 3.8) is 0 Å². The molecule has 1 aromatic carbocycles. The predicted octanol–water partition coefficient (Wildman–Crippen LogP) is 2.44. The topological polar surface area (TPSA) is 54.0 Å². The van der Waals surface area contributed by atoms with Crippen molar-refractivity contribution < 1.29 is 4.79 Å². The number of pyridine rings is 1. The first-order chi connectivity index (χ1) is 10.2. The van der Waals surface area contributed by atoms with Crippen LogP contribution < -0.4 is 10.6 Å². The summed E-state index contributed by atoms with van der Waals surface area (Å²) in [5.74, 6) is -0.0124. The highest BCUT2D eigenvalue weighted by atomic mass is 16.2. The van der Waals surface area contributed by atoms with E-state index in [0.717, 1.165) is 11.3 Å². The van der Waals surface area contributed by atoms with Crippen molar-refractivity contribution in [1.29, 1.82) is 0 Å². The van der Waals surface area contributed by atoms with Gasteiger partial charge < -0.3 is 5.32 Å². The van der Waals surface area contributed by atoms with Crippen molar-refractivity contribution in [2.75, 3.05) is 0 Å². The monoisotopic (exact) mass is 283 g/mol. The first kappa shape index (κ1) is 15.2. The van der Waals surface area contributed by atoms with E-state index in [4.69, 9.17) is 0 Å². The third kappa shape index (κ3) is 4.68. The Hall–Kier alpha value is -2.20. The normalized spacial score (nSPS) is 13.4. The Morgan fingerprint density at radius 3 is 2.48 bits per heavy atom. The van der Waals surface area contributed by atoms with Crippen LogP contribution >= 0.6 is 0 Å². The molecular weight excluding hydrogens is 262 g/mol. The highest BCUT2D eigenvalue weighted by Gasteiger charge is 2.16. The lowest BCUT2D eigenvalue weighted by Gasteiger charge is -2.19. The Morgan fingerprint density at radius 2 is 1.81 bits per heavy atom. The SMILES string of the molecule is CC(NC(C)c1ccccn1)C(=O)NCc1ccccc1. The number of hydrogen-bond acceptors (Lipinski definition) is 3. The third-order valence-corrected chi connectivity index (χ3v) is 3.33. The van der Waals surface area contributed by atoms with Crippen LogP contribution in [0.15, 0.2) is 54.7 Å². The van der Waals surface area contributed by atoms with Crippen LogP contribution in [0.4, 0.5) is 0 Å². The van der Waals surface area contributed by atoms with E-state index in [2.05, 4.69) is 15.6 Å². The van der Waals surface area contributed by atoms with Gasteiger partial charge in [-0.15, -0.1) is 0 Å². The van der Waals surface area contributed by atoms with Crippen LogP contribution in [0.1, 0.15) is 31.1 Å². The first-order valence-corrected chi connectivity index (χ1v) is 7.15. The molecule has 2 N–H and O–H groups in total. The molecule has 2 aromatic rings. The number of rotatable bonds is 6. The van der Waals surface area contributed by atoms with Crippen molar-refractivity contribution >= 4 is 5.91 Å². The van der Waals surface area contributed by atoms with Gasteiger partial charge in [0.25, 0.3) is 0 Å². The Morgan fingerprint density at radius 1 is 1.10 bits per heavy atom. The van der Waals surface area contributed by atoms with E-state index in [0.29, 0.717) is 6.54 Å². The van der Waals surface area contributed by atoms with Crippen LogP contribution in [-0.2, 0) is 11.3 Å². The molecule has 2 unspecified atom stereocenters. The van der Waals surface area contributed by atoms with Crippen molar-refractivity contribution in [1.82, 2.24) is 15.6 Å². The summed E-state index contributed by atoms with van der Waals surface area (Å²) < 4.78 is 0. The fourth-order valence-electron chi connectivity index (χ4n) is 2.11. The Balaban J connectivity index is 1.82. The van der Waals surface area contributed by atoms with Crippen LogP contribution in [0.5, 0.6) is 0 Å². The fourth-order valence-corrected chi connectivity index (χ4v) is 2.11. The van der Waals surface area contributed by atoms with E-state index in [1.807, 2.05) is 62.4 Å². The molecule has 4 nitrogen and oxygen atoms in total. The smallest absolute Gasteiger partial charge is 0.237 e. The van der Waals surface area contributed by atoms with Gasteiger partial charge in [-0.3, -0.25) is 15.1 Å². The molecule has 1 amide bonds. The van der Waals surface area contributed by atoms with E-state index in [9.17, 15) is 4.79 Å². The van der Waals surface area contributed by atoms with E-state index in [1.54, 1.807) is 6.20 Å². The summed E-state index contributed by atoms with van der Waals surface area (Å²) in [5.41, 5.74) is 2.02. The number of amides is 1. The van der Waals surface area contributed by atoms with Gasteiger partial charge in [-0.2, -0.15) is 0 Å². The Labute approximate surface area is 125 Å². The molecular formula is C17H21N3O. The maximum Gasteiger partial charge on any atom is 0.237 e. The third-order valence-electron chi connectivity index (χ3n) is 3.33. The number of nitrogens with one attached hydrogen (secondary N) is 2. The number of carbonyl (C=O) groups is 1. The molecule has 1 heterocycles. The summed E-state index contributed by atoms with van der Waals surface area (Å²) in [6.07, 6.45) is 1.76. The molecule has 2 rings (SSSR count). The van der Waals surface area contributed by atoms with Crippen LogP contribution in [0.3, 0.4) is 0 Å². The van der Waals surface area contributed by atoms with E-state index in [-0.39, 0.29) is 18.0 Å². The van der Waals surface area contributed by atoms with Crippen molar-refractivity contribution in [2.24, 2.45) is 0 Å². The van der Waals surface area contributed by atoms with E-state index in [1.165, 1.54) is 0 Å². The maximum absolute atomic E-state index is 12.1. The standard InChI is InChI=1S/C17H21N3O/c1-13(16-10-6-7-11-18-16)20-14(2)17(21)19-12-15-8-4-3-5-9-15/h3-11,13-14,20H,12H2,1-2H3,(H,19,21). The molecule has 0 aliphatic rings. The van der Waals surface area contributed by atoms with Crippen LogP contribution in [-0.4, -0.2) is 16.9 Å². The predicted molar refractivity (Wildman–Crippen MR) is 83.5 cm³/mol. The lowest BCUT2D eigenvalue weighted by Crippen LogP contribution is -2.42. The van der Waals surface area contributed by atoms with Crippen LogP contribution in [0, 0.1) is 0 Å². The minimum absolute atomic E-state index is 0.0124. The summed E-state index contributed by atoms with van der Waals surface area (Å²) in [7, 11) is 0. The Kier molecular flexibility index (Phi) is 5.46. The maximum atomic E-state index is 12.1. The second kappa shape index (κ2) is 7.55. The average Bonchev–Trinajstić information content (AvgIpc) is 2.54. The molecule has 21 heavy (non-hydrogen) atoms. The van der Waals surface area contributed by atoms with E-state index < -0.39 is 0 Å². The summed E-state index contributed by atoms with van der Waals surface area (Å²) in [4.78, 5) is 16.4. The van der Waals surface area contributed by atoms with Gasteiger partial charge in [-0.25, -0.2) is 0 Å². The summed E-state index contributed by atoms with van der Waals surface area (Å²) >= 11 is 0. The van der Waals surface area contributed by atoms with Gasteiger partial charge >= 0.3 is 0 Å². The Bertz CT molecular complexity index is 557. The summed E-state index contributed by atoms with van der Waals surface area (Å²) in [5, 5.41) is 6.19. The van der Waals surface area contributed by atoms with Gasteiger partial charge in [-0.05, 0) is 31.5 Å². The molecule has 0 saturated heterocycles. The lowest BCUT2D eigenvalue weighted by molar-refractivity contribution is -0.123. The molecule has 0 aliphatic heterocycles. The van der Waals surface area contributed by atoms with Gasteiger partial charge in [0.1, 0.15) is 0 Å². The zero-order chi connectivity index (χ0) is 15.1. The number of nitrogens with zero attached hydrogens (tertiary/aromatic N) is 1. The number of benzene rings is 1. The minimum atomic E-state index is -0.272. The average molecular weight is 283 g/mol. The quantitative estimate of drug-likeness (QED) is 0.856. The molecule has 110 valence electrons. The van der Waals surface area contributed by atoms with Crippen LogP contribution in [0.2, 0.25) is 0 Å². The van der Waals surface area contributed by atoms with Crippen molar-refractivity contribution in [3.8, 4) is 0 Å². The van der Waals surface area contributed by atoms with Gasteiger partial charge in [0, 0.05) is 18.8 Å².